The largest absolute Gasteiger partial charge is 0.374 e. The molecule has 1 saturated heterocycles. The number of likely N-dealkylation sites (N-methyl/N-ethyl adjacent to an activating group) is 1. The number of hydrogen-bond acceptors (Lipinski definition) is 5. The first kappa shape index (κ1) is 17.4. The van der Waals surface area contributed by atoms with E-state index in [1.807, 2.05) is 49.5 Å². The average Bonchev–Trinajstić information content (AvgIpc) is 2.68. The number of carbonyl (C=O) groups is 1. The Labute approximate surface area is 148 Å². The summed E-state index contributed by atoms with van der Waals surface area (Å²) in [6, 6.07) is 13.6. The second-order valence-corrected chi connectivity index (χ2v) is 6.15. The van der Waals surface area contributed by atoms with Crippen molar-refractivity contribution in [2.75, 3.05) is 38.2 Å². The minimum absolute atomic E-state index is 0.155. The lowest BCUT2D eigenvalue weighted by Gasteiger charge is -2.29. The fraction of sp³-hybridized carbons (Fsp3) is 0.368. The minimum atomic E-state index is -0.172. The molecule has 0 radical (unpaired) electrons. The van der Waals surface area contributed by atoms with E-state index in [2.05, 4.69) is 20.5 Å². The van der Waals surface area contributed by atoms with Crippen molar-refractivity contribution in [2.24, 2.45) is 0 Å². The highest BCUT2D eigenvalue weighted by molar-refractivity contribution is 5.93. The van der Waals surface area contributed by atoms with Crippen molar-refractivity contribution < 1.29 is 9.53 Å². The molecule has 1 amide bonds. The lowest BCUT2D eigenvalue weighted by atomic mass is 10.2. The molecule has 1 unspecified atom stereocenters. The number of anilines is 1. The zero-order valence-electron chi connectivity index (χ0n) is 14.4. The van der Waals surface area contributed by atoms with Gasteiger partial charge in [0.15, 0.2) is 0 Å². The molecule has 1 aliphatic heterocycles. The number of benzene rings is 1. The molecule has 2 heterocycles. The number of amides is 1. The van der Waals surface area contributed by atoms with Gasteiger partial charge in [-0.25, -0.2) is 0 Å². The summed E-state index contributed by atoms with van der Waals surface area (Å²) in [7, 11) is 2.00. The summed E-state index contributed by atoms with van der Waals surface area (Å²) < 4.78 is 5.74. The zero-order valence-corrected chi connectivity index (χ0v) is 14.4. The van der Waals surface area contributed by atoms with E-state index in [-0.39, 0.29) is 12.0 Å². The summed E-state index contributed by atoms with van der Waals surface area (Å²) in [4.78, 5) is 18.6. The first-order valence-electron chi connectivity index (χ1n) is 8.54. The smallest absolute Gasteiger partial charge is 0.270 e. The number of nitrogens with zero attached hydrogens (tertiary/aromatic N) is 2. The third kappa shape index (κ3) is 5.01. The predicted octanol–water partition coefficient (Wildman–Crippen LogP) is 1.44. The molecule has 0 spiro atoms. The molecule has 2 aromatic rings. The Morgan fingerprint density at radius 1 is 1.36 bits per heavy atom. The van der Waals surface area contributed by atoms with Gasteiger partial charge < -0.3 is 20.3 Å². The number of aromatic nitrogens is 1. The van der Waals surface area contributed by atoms with E-state index in [1.54, 1.807) is 6.20 Å². The van der Waals surface area contributed by atoms with Gasteiger partial charge >= 0.3 is 0 Å². The molecule has 1 aromatic heterocycles. The number of morpholine rings is 1. The van der Waals surface area contributed by atoms with Gasteiger partial charge in [-0.2, -0.15) is 0 Å². The Balaban J connectivity index is 1.59. The van der Waals surface area contributed by atoms with Crippen LogP contribution in [0.1, 0.15) is 16.1 Å². The van der Waals surface area contributed by atoms with Crippen LogP contribution < -0.4 is 15.5 Å². The van der Waals surface area contributed by atoms with Crippen LogP contribution in [0.2, 0.25) is 0 Å². The maximum absolute atomic E-state index is 12.4. The van der Waals surface area contributed by atoms with E-state index in [9.17, 15) is 4.79 Å². The highest BCUT2D eigenvalue weighted by atomic mass is 16.5. The second-order valence-electron chi connectivity index (χ2n) is 6.15. The molecule has 1 aromatic carbocycles. The number of pyridine rings is 1. The quantitative estimate of drug-likeness (QED) is 0.833. The molecule has 0 saturated carbocycles. The van der Waals surface area contributed by atoms with E-state index in [1.165, 1.54) is 0 Å². The van der Waals surface area contributed by atoms with Crippen LogP contribution in [0.15, 0.2) is 48.7 Å². The molecular weight excluding hydrogens is 316 g/mol. The third-order valence-electron chi connectivity index (χ3n) is 4.19. The summed E-state index contributed by atoms with van der Waals surface area (Å²) >= 11 is 0. The number of hydrogen-bond donors (Lipinski definition) is 2. The van der Waals surface area contributed by atoms with E-state index in [0.717, 1.165) is 37.5 Å². The van der Waals surface area contributed by atoms with Gasteiger partial charge in [-0.15, -0.1) is 0 Å². The van der Waals surface area contributed by atoms with Crippen molar-refractivity contribution in [1.29, 1.82) is 0 Å². The van der Waals surface area contributed by atoms with Gasteiger partial charge in [0.05, 0.1) is 12.7 Å². The average molecular weight is 340 g/mol. The van der Waals surface area contributed by atoms with Gasteiger partial charge in [0.1, 0.15) is 5.69 Å². The lowest BCUT2D eigenvalue weighted by molar-refractivity contribution is 0.0340. The van der Waals surface area contributed by atoms with Crippen LogP contribution in [0.5, 0.6) is 0 Å². The fourth-order valence-electron chi connectivity index (χ4n) is 2.80. The molecule has 0 bridgehead atoms. The van der Waals surface area contributed by atoms with Gasteiger partial charge in [-0.1, -0.05) is 30.3 Å². The van der Waals surface area contributed by atoms with E-state index in [0.29, 0.717) is 12.2 Å². The van der Waals surface area contributed by atoms with Gasteiger partial charge in [0.2, 0.25) is 0 Å². The Bertz CT molecular complexity index is 687. The van der Waals surface area contributed by atoms with Crippen molar-refractivity contribution in [1.82, 2.24) is 15.6 Å². The fourth-order valence-corrected chi connectivity index (χ4v) is 2.80. The third-order valence-corrected chi connectivity index (χ3v) is 4.19. The normalized spacial score (nSPS) is 17.1. The Kier molecular flexibility index (Phi) is 5.98. The van der Waals surface area contributed by atoms with Crippen LogP contribution in [0, 0.1) is 0 Å². The first-order valence-corrected chi connectivity index (χ1v) is 8.54. The molecule has 132 valence electrons. The second kappa shape index (κ2) is 8.60. The number of nitrogens with one attached hydrogen (secondary N) is 2. The molecule has 0 aliphatic carbocycles. The van der Waals surface area contributed by atoms with Gasteiger partial charge in [0, 0.05) is 45.1 Å². The molecule has 3 rings (SSSR count). The Morgan fingerprint density at radius 2 is 2.20 bits per heavy atom. The van der Waals surface area contributed by atoms with Crippen molar-refractivity contribution in [2.45, 2.75) is 12.6 Å². The molecule has 2 N–H and O–H groups in total. The highest BCUT2D eigenvalue weighted by Crippen LogP contribution is 2.14. The summed E-state index contributed by atoms with van der Waals surface area (Å²) in [5, 5.41) is 6.23. The van der Waals surface area contributed by atoms with Gasteiger partial charge in [-0.3, -0.25) is 9.78 Å². The first-order chi connectivity index (χ1) is 12.2. The molecule has 1 atom stereocenters. The summed E-state index contributed by atoms with van der Waals surface area (Å²) in [6.07, 6.45) is 1.82. The molecule has 1 aliphatic rings. The van der Waals surface area contributed by atoms with Crippen LogP contribution in [0.25, 0.3) is 0 Å². The summed E-state index contributed by atoms with van der Waals surface area (Å²) in [5.41, 5.74) is 2.43. The minimum Gasteiger partial charge on any atom is -0.374 e. The SMILES string of the molecule is CN(CC1CNCCO1)c1ccnc(C(=O)NCc2ccccc2)c1. The Morgan fingerprint density at radius 3 is 2.96 bits per heavy atom. The topological polar surface area (TPSA) is 66.5 Å². The van der Waals surface area contributed by atoms with Gasteiger partial charge in [0.25, 0.3) is 5.91 Å². The van der Waals surface area contributed by atoms with Gasteiger partial charge in [-0.05, 0) is 17.7 Å². The molecule has 1 fully saturated rings. The lowest BCUT2D eigenvalue weighted by Crippen LogP contribution is -2.44. The van der Waals surface area contributed by atoms with Crippen molar-refractivity contribution in [3.63, 3.8) is 0 Å². The van der Waals surface area contributed by atoms with Crippen LogP contribution >= 0.6 is 0 Å². The van der Waals surface area contributed by atoms with Crippen LogP contribution in [0.3, 0.4) is 0 Å². The molecular formula is C19H24N4O2. The molecule has 6 nitrogen and oxygen atoms in total. The van der Waals surface area contributed by atoms with Crippen molar-refractivity contribution >= 4 is 11.6 Å². The van der Waals surface area contributed by atoms with Crippen LogP contribution in [0.4, 0.5) is 5.69 Å². The molecule has 6 heteroatoms. The van der Waals surface area contributed by atoms with E-state index in [4.69, 9.17) is 4.74 Å². The number of carbonyl (C=O) groups excluding carboxylic acids is 1. The van der Waals surface area contributed by atoms with Crippen LogP contribution in [-0.4, -0.2) is 50.3 Å². The summed E-state index contributed by atoms with van der Waals surface area (Å²) in [6.45, 7) is 3.74. The maximum atomic E-state index is 12.4. The Hall–Kier alpha value is -2.44. The zero-order chi connectivity index (χ0) is 17.5. The standard InChI is InChI=1S/C19H24N4O2/c1-23(14-17-13-20-9-10-25-17)16-7-8-21-18(11-16)19(24)22-12-15-5-3-2-4-6-15/h2-8,11,17,20H,9-10,12-14H2,1H3,(H,22,24). The van der Waals surface area contributed by atoms with Crippen molar-refractivity contribution in [3.05, 3.63) is 59.9 Å². The summed E-state index contributed by atoms with van der Waals surface area (Å²) in [5.74, 6) is -0.172. The highest BCUT2D eigenvalue weighted by Gasteiger charge is 2.17. The monoisotopic (exact) mass is 340 g/mol. The predicted molar refractivity (Wildman–Crippen MR) is 97.7 cm³/mol. The van der Waals surface area contributed by atoms with E-state index >= 15 is 0 Å². The van der Waals surface area contributed by atoms with Crippen LogP contribution in [-0.2, 0) is 11.3 Å². The molecule has 25 heavy (non-hydrogen) atoms. The number of rotatable bonds is 6. The van der Waals surface area contributed by atoms with E-state index < -0.39 is 0 Å². The number of ether oxygens (including phenoxy) is 1. The van der Waals surface area contributed by atoms with Crippen molar-refractivity contribution in [3.8, 4) is 0 Å². The maximum Gasteiger partial charge on any atom is 0.270 e.